The fraction of sp³-hybridized carbons (Fsp3) is 0.567. The molecule has 6 nitrogen and oxygen atoms in total. The van der Waals surface area contributed by atoms with Gasteiger partial charge in [-0.3, -0.25) is 9.69 Å². The number of carbonyl (C=O) groups excluding carboxylic acids is 1. The molecule has 1 N–H and O–H groups in total. The number of nitrogens with zero attached hydrogens (tertiary/aromatic N) is 2. The number of rotatable bonds is 10. The zero-order chi connectivity index (χ0) is 25.4. The summed E-state index contributed by atoms with van der Waals surface area (Å²) in [5.41, 5.74) is 2.79. The molecule has 4 rings (SSSR count). The van der Waals surface area contributed by atoms with Crippen LogP contribution >= 0.6 is 0 Å². The quantitative estimate of drug-likeness (QED) is 0.477. The molecule has 196 valence electrons. The average Bonchev–Trinajstić information content (AvgIpc) is 3.05. The maximum atomic E-state index is 11.9. The molecule has 1 amide bonds. The summed E-state index contributed by atoms with van der Waals surface area (Å²) >= 11 is 0. The van der Waals surface area contributed by atoms with Gasteiger partial charge in [-0.25, -0.2) is 0 Å². The van der Waals surface area contributed by atoms with Gasteiger partial charge in [0.2, 0.25) is 5.91 Å². The summed E-state index contributed by atoms with van der Waals surface area (Å²) < 4.78 is 11.9. The fourth-order valence-corrected chi connectivity index (χ4v) is 5.20. The Bertz CT molecular complexity index is 993. The van der Waals surface area contributed by atoms with E-state index in [1.54, 1.807) is 0 Å². The minimum Gasteiger partial charge on any atom is -0.494 e. The first kappa shape index (κ1) is 26.5. The molecule has 2 saturated heterocycles. The smallest absolute Gasteiger partial charge is 0.222 e. The van der Waals surface area contributed by atoms with Crippen molar-refractivity contribution in [2.75, 3.05) is 39.4 Å². The van der Waals surface area contributed by atoms with Gasteiger partial charge in [0, 0.05) is 32.6 Å². The van der Waals surface area contributed by atoms with E-state index in [2.05, 4.69) is 43.0 Å². The van der Waals surface area contributed by atoms with Crippen LogP contribution < -0.4 is 9.47 Å². The Morgan fingerprint density at radius 2 is 1.78 bits per heavy atom. The standard InChI is InChI=1S/C30H42N2O4/c1-24-8-13-28(25(2)21-24)36-23-30(34)14-5-16-31(19-15-30)22-26-9-11-27(12-10-26)35-20-6-18-32-17-4-3-7-29(32)33/h8-13,21,34H,3-7,14-20,22-23H2,1-2H3/t30-/m1/s1. The molecule has 1 atom stereocenters. The van der Waals surface area contributed by atoms with E-state index in [9.17, 15) is 9.90 Å². The van der Waals surface area contributed by atoms with E-state index < -0.39 is 5.60 Å². The highest BCUT2D eigenvalue weighted by atomic mass is 16.5. The normalized spacial score (nSPS) is 21.3. The van der Waals surface area contributed by atoms with Crippen LogP contribution in [0.4, 0.5) is 0 Å². The van der Waals surface area contributed by atoms with Crippen LogP contribution in [0.3, 0.4) is 0 Å². The first-order valence-corrected chi connectivity index (χ1v) is 13.5. The second-order valence-corrected chi connectivity index (χ2v) is 10.6. The Kier molecular flexibility index (Phi) is 9.27. The summed E-state index contributed by atoms with van der Waals surface area (Å²) in [5.74, 6) is 2.02. The first-order valence-electron chi connectivity index (χ1n) is 13.5. The number of amides is 1. The Morgan fingerprint density at radius 3 is 2.56 bits per heavy atom. The monoisotopic (exact) mass is 494 g/mol. The molecule has 0 radical (unpaired) electrons. The molecule has 0 aliphatic carbocycles. The number of carbonyl (C=O) groups is 1. The van der Waals surface area contributed by atoms with Gasteiger partial charge in [0.1, 0.15) is 18.1 Å². The number of hydrogen-bond acceptors (Lipinski definition) is 5. The predicted octanol–water partition coefficient (Wildman–Crippen LogP) is 4.88. The van der Waals surface area contributed by atoms with Crippen LogP contribution in [0.1, 0.15) is 61.6 Å². The van der Waals surface area contributed by atoms with Crippen LogP contribution in [-0.2, 0) is 11.3 Å². The number of aliphatic hydroxyl groups is 1. The lowest BCUT2D eigenvalue weighted by Gasteiger charge is -2.27. The van der Waals surface area contributed by atoms with Gasteiger partial charge < -0.3 is 19.5 Å². The van der Waals surface area contributed by atoms with Gasteiger partial charge in [0.15, 0.2) is 0 Å². The van der Waals surface area contributed by atoms with Crippen molar-refractivity contribution < 1.29 is 19.4 Å². The van der Waals surface area contributed by atoms with Crippen molar-refractivity contribution in [3.8, 4) is 11.5 Å². The summed E-state index contributed by atoms with van der Waals surface area (Å²) in [6, 6.07) is 14.5. The highest BCUT2D eigenvalue weighted by Crippen LogP contribution is 2.27. The third-order valence-electron chi connectivity index (χ3n) is 7.43. The van der Waals surface area contributed by atoms with E-state index in [1.165, 1.54) is 11.1 Å². The molecule has 2 aliphatic heterocycles. The predicted molar refractivity (Wildman–Crippen MR) is 142 cm³/mol. The second-order valence-electron chi connectivity index (χ2n) is 10.6. The lowest BCUT2D eigenvalue weighted by Crippen LogP contribution is -2.37. The molecule has 0 aromatic heterocycles. The Morgan fingerprint density at radius 1 is 0.944 bits per heavy atom. The van der Waals surface area contributed by atoms with Gasteiger partial charge in [-0.2, -0.15) is 0 Å². The third kappa shape index (κ3) is 7.71. The van der Waals surface area contributed by atoms with Crippen molar-refractivity contribution in [1.82, 2.24) is 9.80 Å². The van der Waals surface area contributed by atoms with Crippen molar-refractivity contribution in [3.63, 3.8) is 0 Å². The van der Waals surface area contributed by atoms with Gasteiger partial charge >= 0.3 is 0 Å². The molecule has 36 heavy (non-hydrogen) atoms. The van der Waals surface area contributed by atoms with Gasteiger partial charge in [-0.05, 0) is 88.2 Å². The highest BCUT2D eigenvalue weighted by Gasteiger charge is 2.31. The summed E-state index contributed by atoms with van der Waals surface area (Å²) in [6.45, 7) is 9.45. The Balaban J connectivity index is 1.18. The van der Waals surface area contributed by atoms with E-state index in [4.69, 9.17) is 9.47 Å². The maximum absolute atomic E-state index is 11.9. The minimum atomic E-state index is -0.789. The van der Waals surface area contributed by atoms with Crippen LogP contribution in [0.25, 0.3) is 0 Å². The Hall–Kier alpha value is -2.57. The van der Waals surface area contributed by atoms with Crippen molar-refractivity contribution in [3.05, 3.63) is 59.2 Å². The Labute approximate surface area is 216 Å². The molecule has 0 bridgehead atoms. The van der Waals surface area contributed by atoms with E-state index in [0.717, 1.165) is 81.9 Å². The molecule has 6 heteroatoms. The summed E-state index contributed by atoms with van der Waals surface area (Å²) in [7, 11) is 0. The van der Waals surface area contributed by atoms with Crippen LogP contribution in [0.2, 0.25) is 0 Å². The number of ether oxygens (including phenoxy) is 2. The van der Waals surface area contributed by atoms with E-state index in [1.807, 2.05) is 23.1 Å². The van der Waals surface area contributed by atoms with Gasteiger partial charge in [-0.15, -0.1) is 0 Å². The molecule has 2 aliphatic rings. The van der Waals surface area contributed by atoms with Gasteiger partial charge in [-0.1, -0.05) is 29.8 Å². The largest absolute Gasteiger partial charge is 0.494 e. The van der Waals surface area contributed by atoms with Crippen molar-refractivity contribution in [2.24, 2.45) is 0 Å². The first-order chi connectivity index (χ1) is 17.4. The number of piperidine rings is 1. The SMILES string of the molecule is Cc1ccc(OC[C@@]2(O)CCCN(Cc3ccc(OCCCN4CCCCC4=O)cc3)CC2)c(C)c1. The van der Waals surface area contributed by atoms with Crippen molar-refractivity contribution in [1.29, 1.82) is 0 Å². The topological polar surface area (TPSA) is 62.2 Å². The van der Waals surface area contributed by atoms with Crippen LogP contribution in [0.5, 0.6) is 11.5 Å². The number of likely N-dealkylation sites (tertiary alicyclic amines) is 2. The second kappa shape index (κ2) is 12.6. The zero-order valence-corrected chi connectivity index (χ0v) is 22.0. The molecule has 2 heterocycles. The van der Waals surface area contributed by atoms with E-state index >= 15 is 0 Å². The number of hydrogen-bond donors (Lipinski definition) is 1. The summed E-state index contributed by atoms with van der Waals surface area (Å²) in [4.78, 5) is 16.3. The molecular weight excluding hydrogens is 452 g/mol. The summed E-state index contributed by atoms with van der Waals surface area (Å²) in [6.07, 6.45) is 6.11. The van der Waals surface area contributed by atoms with Crippen LogP contribution in [-0.4, -0.2) is 65.8 Å². The lowest BCUT2D eigenvalue weighted by molar-refractivity contribution is -0.133. The molecule has 0 unspecified atom stereocenters. The molecular formula is C30H42N2O4. The van der Waals surface area contributed by atoms with Crippen molar-refractivity contribution in [2.45, 2.75) is 70.9 Å². The third-order valence-corrected chi connectivity index (χ3v) is 7.43. The van der Waals surface area contributed by atoms with Gasteiger partial charge in [0.25, 0.3) is 0 Å². The molecule has 2 fully saturated rings. The maximum Gasteiger partial charge on any atom is 0.222 e. The van der Waals surface area contributed by atoms with Crippen LogP contribution in [0, 0.1) is 13.8 Å². The number of benzene rings is 2. The fourth-order valence-electron chi connectivity index (χ4n) is 5.20. The van der Waals surface area contributed by atoms with Crippen molar-refractivity contribution >= 4 is 5.91 Å². The molecule has 2 aromatic rings. The highest BCUT2D eigenvalue weighted by molar-refractivity contribution is 5.76. The van der Waals surface area contributed by atoms with E-state index in [-0.39, 0.29) is 5.91 Å². The summed E-state index contributed by atoms with van der Waals surface area (Å²) in [5, 5.41) is 11.2. The molecule has 0 saturated carbocycles. The molecule has 0 spiro atoms. The van der Waals surface area contributed by atoms with E-state index in [0.29, 0.717) is 26.1 Å². The van der Waals surface area contributed by atoms with Crippen LogP contribution in [0.15, 0.2) is 42.5 Å². The number of aryl methyl sites for hydroxylation is 2. The lowest BCUT2D eigenvalue weighted by atomic mass is 9.96. The van der Waals surface area contributed by atoms with Gasteiger partial charge in [0.05, 0.1) is 12.2 Å². The zero-order valence-electron chi connectivity index (χ0n) is 22.0. The molecule has 2 aromatic carbocycles. The average molecular weight is 495 g/mol. The minimum absolute atomic E-state index is 0.284.